The maximum atomic E-state index is 11.0. The molecular weight excluding hydrogens is 374 g/mol. The number of hydrogen-bond acceptors (Lipinski definition) is 4. The summed E-state index contributed by atoms with van der Waals surface area (Å²) in [6.45, 7) is 0.746. The van der Waals surface area contributed by atoms with Crippen molar-refractivity contribution in [1.29, 1.82) is 0 Å². The summed E-state index contributed by atoms with van der Waals surface area (Å²) in [7, 11) is 0. The van der Waals surface area contributed by atoms with E-state index in [2.05, 4.69) is 26.0 Å². The fraction of sp³-hybridized carbons (Fsp3) is 0.118. The van der Waals surface area contributed by atoms with Crippen LogP contribution in [0, 0.1) is 0 Å². The van der Waals surface area contributed by atoms with E-state index in [0.29, 0.717) is 24.7 Å². The second-order valence-electron chi connectivity index (χ2n) is 5.09. The first kappa shape index (κ1) is 16.2. The highest BCUT2D eigenvalue weighted by molar-refractivity contribution is 9.10. The summed E-state index contributed by atoms with van der Waals surface area (Å²) in [5.74, 6) is -0.386. The van der Waals surface area contributed by atoms with Crippen molar-refractivity contribution in [1.82, 2.24) is 14.8 Å². The van der Waals surface area contributed by atoms with Crippen LogP contribution >= 0.6 is 15.9 Å². The van der Waals surface area contributed by atoms with Crippen LogP contribution in [0.15, 0.2) is 59.3 Å². The Morgan fingerprint density at radius 3 is 2.88 bits per heavy atom. The molecule has 7 heteroatoms. The molecular formula is C17H14BrN3O3. The van der Waals surface area contributed by atoms with Crippen molar-refractivity contribution in [3.05, 3.63) is 76.2 Å². The van der Waals surface area contributed by atoms with Crippen molar-refractivity contribution in [2.24, 2.45) is 0 Å². The zero-order chi connectivity index (χ0) is 16.9. The number of rotatable bonds is 6. The Balaban J connectivity index is 1.71. The number of carboxylic acids is 1. The van der Waals surface area contributed by atoms with Crippen molar-refractivity contribution in [2.75, 3.05) is 0 Å². The van der Waals surface area contributed by atoms with Crippen molar-refractivity contribution in [2.45, 2.75) is 13.2 Å². The molecule has 122 valence electrons. The molecule has 0 aliphatic carbocycles. The van der Waals surface area contributed by atoms with Crippen LogP contribution in [-0.2, 0) is 13.2 Å². The van der Waals surface area contributed by atoms with Crippen molar-refractivity contribution < 1.29 is 14.6 Å². The maximum Gasteiger partial charge on any atom is 0.335 e. The summed E-state index contributed by atoms with van der Waals surface area (Å²) in [5.41, 5.74) is 1.83. The molecule has 0 bridgehead atoms. The molecule has 0 spiro atoms. The maximum absolute atomic E-state index is 11.0. The molecule has 0 aliphatic rings. The van der Waals surface area contributed by atoms with E-state index >= 15 is 0 Å². The molecule has 24 heavy (non-hydrogen) atoms. The first-order chi connectivity index (χ1) is 11.6. The van der Waals surface area contributed by atoms with Gasteiger partial charge in [0.2, 0.25) is 5.88 Å². The number of halogens is 1. The Kier molecular flexibility index (Phi) is 4.90. The van der Waals surface area contributed by atoms with E-state index in [0.717, 1.165) is 10.0 Å². The van der Waals surface area contributed by atoms with Crippen LogP contribution in [0.5, 0.6) is 5.88 Å². The van der Waals surface area contributed by atoms with Gasteiger partial charge >= 0.3 is 5.97 Å². The van der Waals surface area contributed by atoms with E-state index in [9.17, 15) is 4.79 Å². The summed E-state index contributed by atoms with van der Waals surface area (Å²) in [6.07, 6.45) is 3.11. The monoisotopic (exact) mass is 387 g/mol. The van der Waals surface area contributed by atoms with Gasteiger partial charge in [0.1, 0.15) is 6.61 Å². The van der Waals surface area contributed by atoms with Gasteiger partial charge < -0.3 is 9.84 Å². The van der Waals surface area contributed by atoms with Gasteiger partial charge in [-0.1, -0.05) is 28.1 Å². The van der Waals surface area contributed by atoms with Gasteiger partial charge in [-0.15, -0.1) is 0 Å². The minimum absolute atomic E-state index is 0.198. The lowest BCUT2D eigenvalue weighted by Gasteiger charge is -2.09. The van der Waals surface area contributed by atoms with Crippen molar-refractivity contribution >= 4 is 21.9 Å². The number of carbonyl (C=O) groups is 1. The second kappa shape index (κ2) is 7.27. The summed E-state index contributed by atoms with van der Waals surface area (Å²) >= 11 is 3.43. The molecule has 1 N–H and O–H groups in total. The van der Waals surface area contributed by atoms with Crippen molar-refractivity contribution in [3.63, 3.8) is 0 Å². The van der Waals surface area contributed by atoms with Gasteiger partial charge in [0, 0.05) is 16.7 Å². The van der Waals surface area contributed by atoms with Crippen LogP contribution in [-0.4, -0.2) is 25.8 Å². The Labute approximate surface area is 146 Å². The molecule has 0 fully saturated rings. The fourth-order valence-corrected chi connectivity index (χ4v) is 2.64. The molecule has 0 saturated heterocycles. The summed E-state index contributed by atoms with van der Waals surface area (Å²) in [6, 6.07) is 12.6. The molecule has 6 nitrogen and oxygen atoms in total. The number of nitrogens with zero attached hydrogens (tertiary/aromatic N) is 3. The lowest BCUT2D eigenvalue weighted by Crippen LogP contribution is -2.08. The van der Waals surface area contributed by atoms with Crippen LogP contribution in [0.25, 0.3) is 0 Å². The lowest BCUT2D eigenvalue weighted by atomic mass is 10.2. The molecule has 0 radical (unpaired) electrons. The number of ether oxygens (including phenoxy) is 1. The van der Waals surface area contributed by atoms with Crippen molar-refractivity contribution in [3.8, 4) is 5.88 Å². The Hall–Kier alpha value is -2.67. The third-order valence-electron chi connectivity index (χ3n) is 3.33. The summed E-state index contributed by atoms with van der Waals surface area (Å²) in [4.78, 5) is 15.2. The zero-order valence-corrected chi connectivity index (χ0v) is 14.2. The van der Waals surface area contributed by atoms with Crippen LogP contribution in [0.1, 0.15) is 21.6 Å². The standard InChI is InChI=1S/C17H14BrN3O3/c18-14-3-1-2-12(8-14)11-24-16-5-7-20-21(16)10-15-9-13(17(22)23)4-6-19-15/h1-9H,10-11H2,(H,22,23). The Morgan fingerprint density at radius 2 is 2.08 bits per heavy atom. The molecule has 0 saturated carbocycles. The number of carboxylic acid groups (broad SMARTS) is 1. The Morgan fingerprint density at radius 1 is 1.21 bits per heavy atom. The molecule has 3 aromatic rings. The Bertz CT molecular complexity index is 864. The minimum Gasteiger partial charge on any atom is -0.478 e. The van der Waals surface area contributed by atoms with E-state index in [1.807, 2.05) is 24.3 Å². The minimum atomic E-state index is -0.981. The van der Waals surface area contributed by atoms with Gasteiger partial charge in [-0.2, -0.15) is 5.10 Å². The van der Waals surface area contributed by atoms with Gasteiger partial charge in [0.05, 0.1) is 24.0 Å². The normalized spacial score (nSPS) is 10.5. The molecule has 3 rings (SSSR count). The topological polar surface area (TPSA) is 77.2 Å². The van der Waals surface area contributed by atoms with E-state index in [-0.39, 0.29) is 5.56 Å². The summed E-state index contributed by atoms with van der Waals surface area (Å²) < 4.78 is 8.44. The first-order valence-corrected chi connectivity index (χ1v) is 7.98. The molecule has 2 heterocycles. The highest BCUT2D eigenvalue weighted by Crippen LogP contribution is 2.16. The number of hydrogen-bond donors (Lipinski definition) is 1. The number of aromatic carboxylic acids is 1. The van der Waals surface area contributed by atoms with E-state index in [1.54, 1.807) is 16.9 Å². The second-order valence-corrected chi connectivity index (χ2v) is 6.00. The van der Waals surface area contributed by atoms with Crippen LogP contribution in [0.2, 0.25) is 0 Å². The average molecular weight is 388 g/mol. The molecule has 0 atom stereocenters. The molecule has 2 aromatic heterocycles. The number of aromatic nitrogens is 3. The lowest BCUT2D eigenvalue weighted by molar-refractivity contribution is 0.0696. The predicted molar refractivity (Wildman–Crippen MR) is 91.0 cm³/mol. The van der Waals surface area contributed by atoms with Gasteiger partial charge in [0.15, 0.2) is 0 Å². The summed E-state index contributed by atoms with van der Waals surface area (Å²) in [5, 5.41) is 13.3. The van der Waals surface area contributed by atoms with Gasteiger partial charge in [0.25, 0.3) is 0 Å². The number of benzene rings is 1. The molecule has 0 amide bonds. The average Bonchev–Trinajstić information content (AvgIpc) is 3.00. The van der Waals surface area contributed by atoms with Gasteiger partial charge in [-0.25, -0.2) is 9.48 Å². The van der Waals surface area contributed by atoms with Crippen LogP contribution in [0.4, 0.5) is 0 Å². The third-order valence-corrected chi connectivity index (χ3v) is 3.82. The zero-order valence-electron chi connectivity index (χ0n) is 12.6. The van der Waals surface area contributed by atoms with Gasteiger partial charge in [-0.05, 0) is 29.8 Å². The smallest absolute Gasteiger partial charge is 0.335 e. The van der Waals surface area contributed by atoms with E-state index in [1.165, 1.54) is 18.3 Å². The predicted octanol–water partition coefficient (Wildman–Crippen LogP) is 3.37. The first-order valence-electron chi connectivity index (χ1n) is 7.19. The molecule has 0 aliphatic heterocycles. The van der Waals surface area contributed by atoms with Crippen LogP contribution in [0.3, 0.4) is 0 Å². The number of pyridine rings is 1. The molecule has 1 aromatic carbocycles. The fourth-order valence-electron chi connectivity index (χ4n) is 2.20. The third kappa shape index (κ3) is 3.99. The highest BCUT2D eigenvalue weighted by atomic mass is 79.9. The largest absolute Gasteiger partial charge is 0.478 e. The quantitative estimate of drug-likeness (QED) is 0.701. The van der Waals surface area contributed by atoms with E-state index < -0.39 is 5.97 Å². The van der Waals surface area contributed by atoms with Crippen LogP contribution < -0.4 is 4.74 Å². The molecule has 0 unspecified atom stereocenters. The SMILES string of the molecule is O=C(O)c1ccnc(Cn2nccc2OCc2cccc(Br)c2)c1. The van der Waals surface area contributed by atoms with E-state index in [4.69, 9.17) is 9.84 Å². The highest BCUT2D eigenvalue weighted by Gasteiger charge is 2.09. The van der Waals surface area contributed by atoms with Gasteiger partial charge in [-0.3, -0.25) is 4.98 Å².